The zero-order chi connectivity index (χ0) is 29.1. The van der Waals surface area contributed by atoms with Gasteiger partial charge in [-0.05, 0) is 59.7 Å². The Labute approximate surface area is 236 Å². The number of carbonyl (C=O) groups excluding carboxylic acids is 1. The lowest BCUT2D eigenvalue weighted by atomic mass is 9.25. The van der Waals surface area contributed by atoms with Crippen molar-refractivity contribution in [2.45, 2.75) is 130 Å². The van der Waals surface area contributed by atoms with E-state index in [1.807, 2.05) is 21.0 Å². The topological polar surface area (TPSA) is 38.7 Å². The average molecular weight is 542 g/mol. The first kappa shape index (κ1) is 31.6. The first-order chi connectivity index (χ1) is 18.4. The second kappa shape index (κ2) is 13.1. The number of ketones is 1. The molecule has 0 saturated heterocycles. The smallest absolute Gasteiger partial charge is 0.269 e. The van der Waals surface area contributed by atoms with Gasteiger partial charge in [-0.2, -0.15) is 0 Å². The van der Waals surface area contributed by atoms with Gasteiger partial charge in [0.25, 0.3) is 5.92 Å². The molecular formula is C33H50BF2NO2. The SMILES string of the molecule is CC(=O)CC1N=C2C(=C1C(C)(F)F)[C@H](C)CC2C.CCCB1C(CC)c2c(OC)cccc2C(C)C1CCC. The number of ether oxygens (including phenoxy) is 1. The summed E-state index contributed by atoms with van der Waals surface area (Å²) in [7, 11) is 1.82. The number of allylic oxidation sites excluding steroid dienone is 1. The van der Waals surface area contributed by atoms with Gasteiger partial charge in [-0.1, -0.05) is 91.5 Å². The molecule has 0 amide bonds. The summed E-state index contributed by atoms with van der Waals surface area (Å²) < 4.78 is 33.4. The summed E-state index contributed by atoms with van der Waals surface area (Å²) in [5, 5.41) is 0. The number of hydrogen-bond acceptors (Lipinski definition) is 3. The summed E-state index contributed by atoms with van der Waals surface area (Å²) in [6.45, 7) is 16.6. The number of Topliss-reactive ketones (excluding diaryl/α,β-unsaturated/α-hetero) is 1. The highest BCUT2D eigenvalue weighted by atomic mass is 19.3. The highest BCUT2D eigenvalue weighted by Gasteiger charge is 2.47. The molecule has 6 heteroatoms. The summed E-state index contributed by atoms with van der Waals surface area (Å²) in [5.74, 6) is 0.645. The lowest BCUT2D eigenvalue weighted by Gasteiger charge is -2.42. The van der Waals surface area contributed by atoms with Gasteiger partial charge in [0.15, 0.2) is 6.71 Å². The maximum Gasteiger partial charge on any atom is 0.269 e. The summed E-state index contributed by atoms with van der Waals surface area (Å²) in [6.07, 6.45) is 7.49. The van der Waals surface area contributed by atoms with Crippen molar-refractivity contribution in [1.29, 1.82) is 0 Å². The lowest BCUT2D eigenvalue weighted by Crippen LogP contribution is -2.37. The first-order valence-corrected chi connectivity index (χ1v) is 15.3. The van der Waals surface area contributed by atoms with Gasteiger partial charge in [0.05, 0.1) is 13.2 Å². The minimum atomic E-state index is -2.89. The molecule has 1 aromatic carbocycles. The van der Waals surface area contributed by atoms with E-state index in [1.165, 1.54) is 44.5 Å². The number of alkyl halides is 2. The number of halogens is 2. The number of aliphatic imine (C=N–C) groups is 1. The van der Waals surface area contributed by atoms with Crippen LogP contribution in [0.25, 0.3) is 0 Å². The van der Waals surface area contributed by atoms with Crippen molar-refractivity contribution in [3.63, 3.8) is 0 Å². The quantitative estimate of drug-likeness (QED) is 0.292. The Bertz CT molecular complexity index is 1080. The summed E-state index contributed by atoms with van der Waals surface area (Å²) in [6, 6.07) is 6.02. The molecule has 4 rings (SSSR count). The molecule has 5 unspecified atom stereocenters. The van der Waals surface area contributed by atoms with E-state index >= 15 is 0 Å². The molecule has 2 heterocycles. The molecule has 216 valence electrons. The summed E-state index contributed by atoms with van der Waals surface area (Å²) in [4.78, 5) is 15.6. The van der Waals surface area contributed by atoms with E-state index in [0.717, 1.165) is 42.9 Å². The van der Waals surface area contributed by atoms with Gasteiger partial charge < -0.3 is 4.74 Å². The van der Waals surface area contributed by atoms with Gasteiger partial charge in [0.2, 0.25) is 0 Å². The van der Waals surface area contributed by atoms with Crippen LogP contribution in [0.2, 0.25) is 12.1 Å². The Morgan fingerprint density at radius 3 is 2.36 bits per heavy atom. The first-order valence-electron chi connectivity index (χ1n) is 15.3. The Morgan fingerprint density at radius 2 is 1.82 bits per heavy atom. The van der Waals surface area contributed by atoms with Crippen molar-refractivity contribution in [2.24, 2.45) is 16.8 Å². The van der Waals surface area contributed by atoms with Crippen LogP contribution in [0.5, 0.6) is 5.75 Å². The van der Waals surface area contributed by atoms with Crippen LogP contribution in [0, 0.1) is 11.8 Å². The monoisotopic (exact) mass is 541 g/mol. The van der Waals surface area contributed by atoms with Crippen LogP contribution in [0.3, 0.4) is 0 Å². The number of hydrogen-bond donors (Lipinski definition) is 0. The van der Waals surface area contributed by atoms with Crippen molar-refractivity contribution < 1.29 is 18.3 Å². The normalized spacial score (nSPS) is 28.0. The van der Waals surface area contributed by atoms with Crippen LogP contribution in [0.1, 0.15) is 117 Å². The summed E-state index contributed by atoms with van der Waals surface area (Å²) in [5.41, 5.74) is 4.68. The summed E-state index contributed by atoms with van der Waals surface area (Å²) >= 11 is 0. The van der Waals surface area contributed by atoms with E-state index in [4.69, 9.17) is 4.74 Å². The number of rotatable bonds is 9. The molecule has 0 aromatic heterocycles. The fourth-order valence-electron chi connectivity index (χ4n) is 7.94. The van der Waals surface area contributed by atoms with Crippen molar-refractivity contribution >= 4 is 18.2 Å². The maximum atomic E-state index is 13.8. The fraction of sp³-hybridized carbons (Fsp3) is 0.697. The number of benzene rings is 1. The van der Waals surface area contributed by atoms with Gasteiger partial charge in [-0.25, -0.2) is 8.78 Å². The lowest BCUT2D eigenvalue weighted by molar-refractivity contribution is -0.117. The van der Waals surface area contributed by atoms with Crippen LogP contribution in [0.4, 0.5) is 8.78 Å². The molecule has 0 radical (unpaired) electrons. The number of fused-ring (bicyclic) bond motifs is 2. The van der Waals surface area contributed by atoms with Gasteiger partial charge in [0.1, 0.15) is 11.5 Å². The van der Waals surface area contributed by atoms with Crippen LogP contribution in [-0.4, -0.2) is 37.3 Å². The molecule has 1 saturated carbocycles. The zero-order valence-corrected chi connectivity index (χ0v) is 25.7. The second-order valence-electron chi connectivity index (χ2n) is 12.4. The Morgan fingerprint density at radius 1 is 1.13 bits per heavy atom. The zero-order valence-electron chi connectivity index (χ0n) is 25.7. The standard InChI is InChI=1S/C19H31BO.C14H19F2NO/c1-6-10-17-14(4)15-11-9-12-18(21-5)19(15)16(8-3)20(17)13-7-2;1-7-5-8(2)13-11(7)12(14(4,15)16)10(17-13)6-9(3)18/h9,11-12,14,16-17H,6-8,10,13H2,1-5H3;7-8,10H,5-6H2,1-4H3/t;7-,8?,10?/m.1/s1. The third-order valence-corrected chi connectivity index (χ3v) is 9.39. The largest absolute Gasteiger partial charge is 0.496 e. The second-order valence-corrected chi connectivity index (χ2v) is 12.4. The van der Waals surface area contributed by atoms with Gasteiger partial charge in [-0.15, -0.1) is 0 Å². The number of carbonyl (C=O) groups is 1. The predicted octanol–water partition coefficient (Wildman–Crippen LogP) is 9.34. The Kier molecular flexibility index (Phi) is 10.6. The molecular weight excluding hydrogens is 491 g/mol. The molecule has 3 aliphatic rings. The van der Waals surface area contributed by atoms with E-state index < -0.39 is 12.0 Å². The van der Waals surface area contributed by atoms with Gasteiger partial charge in [0, 0.05) is 24.6 Å². The Hall–Kier alpha value is -1.98. The van der Waals surface area contributed by atoms with E-state index in [-0.39, 0.29) is 29.6 Å². The minimum Gasteiger partial charge on any atom is -0.496 e. The van der Waals surface area contributed by atoms with E-state index in [9.17, 15) is 13.6 Å². The van der Waals surface area contributed by atoms with Crippen molar-refractivity contribution in [3.8, 4) is 5.75 Å². The average Bonchev–Trinajstić information content (AvgIpc) is 3.38. The molecule has 0 spiro atoms. The number of methoxy groups -OCH3 is 1. The fourth-order valence-corrected chi connectivity index (χ4v) is 7.94. The van der Waals surface area contributed by atoms with Gasteiger partial charge in [-0.3, -0.25) is 9.79 Å². The molecule has 6 atom stereocenters. The molecule has 39 heavy (non-hydrogen) atoms. The van der Waals surface area contributed by atoms with Crippen LogP contribution >= 0.6 is 0 Å². The molecule has 0 bridgehead atoms. The van der Waals surface area contributed by atoms with Crippen LogP contribution in [0.15, 0.2) is 34.3 Å². The molecule has 3 nitrogen and oxygen atoms in total. The van der Waals surface area contributed by atoms with E-state index in [0.29, 0.717) is 11.7 Å². The molecule has 2 aliphatic heterocycles. The van der Waals surface area contributed by atoms with Crippen LogP contribution in [-0.2, 0) is 4.79 Å². The molecule has 1 fully saturated rings. The highest BCUT2D eigenvalue weighted by molar-refractivity contribution is 6.63. The van der Waals surface area contributed by atoms with Crippen molar-refractivity contribution in [1.82, 2.24) is 0 Å². The van der Waals surface area contributed by atoms with E-state index in [2.05, 4.69) is 50.9 Å². The van der Waals surface area contributed by atoms with E-state index in [1.54, 1.807) is 5.56 Å². The highest BCUT2D eigenvalue weighted by Crippen LogP contribution is 2.52. The third-order valence-electron chi connectivity index (χ3n) is 9.39. The Balaban J connectivity index is 0.000000218. The third kappa shape index (κ3) is 6.51. The minimum absolute atomic E-state index is 0.0875. The predicted molar refractivity (Wildman–Crippen MR) is 161 cm³/mol. The van der Waals surface area contributed by atoms with Crippen LogP contribution < -0.4 is 4.74 Å². The van der Waals surface area contributed by atoms with Gasteiger partial charge >= 0.3 is 0 Å². The maximum absolute atomic E-state index is 13.8. The molecule has 1 aliphatic carbocycles. The molecule has 1 aromatic rings. The number of nitrogens with zero attached hydrogens (tertiary/aromatic N) is 1. The van der Waals surface area contributed by atoms with Crippen molar-refractivity contribution in [3.05, 3.63) is 40.5 Å². The molecule has 0 N–H and O–H groups in total. The van der Waals surface area contributed by atoms with Crippen molar-refractivity contribution in [2.75, 3.05) is 7.11 Å².